The van der Waals surface area contributed by atoms with Crippen LogP contribution in [0.3, 0.4) is 0 Å². The van der Waals surface area contributed by atoms with Crippen molar-refractivity contribution in [3.05, 3.63) is 24.3 Å². The SMILES string of the molecule is CN(C(=O)[C@@H]1CC[C@H](C(=O)O)O1)c1cccc(OC(F)(F)F)c1. The van der Waals surface area contributed by atoms with Crippen molar-refractivity contribution in [3.63, 3.8) is 0 Å². The molecule has 2 rings (SSSR count). The largest absolute Gasteiger partial charge is 0.573 e. The molecule has 1 amide bonds. The maximum atomic E-state index is 12.3. The van der Waals surface area contributed by atoms with Crippen LogP contribution in [0.1, 0.15) is 12.8 Å². The molecule has 1 aromatic carbocycles. The van der Waals surface area contributed by atoms with Crippen molar-refractivity contribution in [3.8, 4) is 5.75 Å². The van der Waals surface area contributed by atoms with Crippen LogP contribution >= 0.6 is 0 Å². The number of carboxylic acids is 1. The van der Waals surface area contributed by atoms with Gasteiger partial charge in [0.05, 0.1) is 0 Å². The molecule has 1 fully saturated rings. The normalized spacial score (nSPS) is 21.0. The number of ether oxygens (including phenoxy) is 2. The molecule has 0 unspecified atom stereocenters. The Kier molecular flexibility index (Phi) is 4.79. The molecule has 0 radical (unpaired) electrons. The molecule has 9 heteroatoms. The lowest BCUT2D eigenvalue weighted by Gasteiger charge is -2.21. The van der Waals surface area contributed by atoms with E-state index in [4.69, 9.17) is 9.84 Å². The number of benzene rings is 1. The van der Waals surface area contributed by atoms with E-state index in [0.29, 0.717) is 0 Å². The number of rotatable bonds is 4. The van der Waals surface area contributed by atoms with Crippen LogP contribution in [-0.2, 0) is 14.3 Å². The first kappa shape index (κ1) is 17.1. The fraction of sp³-hybridized carbons (Fsp3) is 0.429. The van der Waals surface area contributed by atoms with Gasteiger partial charge in [-0.05, 0) is 25.0 Å². The van der Waals surface area contributed by atoms with Crippen molar-refractivity contribution in [2.24, 2.45) is 0 Å². The molecule has 1 aliphatic heterocycles. The zero-order chi connectivity index (χ0) is 17.2. The molecule has 0 aliphatic carbocycles. The first-order valence-corrected chi connectivity index (χ1v) is 6.69. The molecule has 0 saturated carbocycles. The van der Waals surface area contributed by atoms with E-state index in [0.717, 1.165) is 17.0 Å². The lowest BCUT2D eigenvalue weighted by Crippen LogP contribution is -2.37. The third-order valence-electron chi connectivity index (χ3n) is 3.34. The van der Waals surface area contributed by atoms with Crippen LogP contribution in [0.2, 0.25) is 0 Å². The number of anilines is 1. The average Bonchev–Trinajstić information content (AvgIpc) is 2.94. The maximum absolute atomic E-state index is 12.3. The number of hydrogen-bond donors (Lipinski definition) is 1. The topological polar surface area (TPSA) is 76.1 Å². The lowest BCUT2D eigenvalue weighted by atomic mass is 10.1. The summed E-state index contributed by atoms with van der Waals surface area (Å²) in [5.74, 6) is -2.13. The first-order chi connectivity index (χ1) is 10.7. The van der Waals surface area contributed by atoms with Gasteiger partial charge in [-0.3, -0.25) is 4.79 Å². The van der Waals surface area contributed by atoms with Crippen LogP contribution in [0.25, 0.3) is 0 Å². The number of alkyl halides is 3. The van der Waals surface area contributed by atoms with Gasteiger partial charge in [-0.15, -0.1) is 13.2 Å². The van der Waals surface area contributed by atoms with Gasteiger partial charge in [-0.25, -0.2) is 4.79 Å². The summed E-state index contributed by atoms with van der Waals surface area (Å²) >= 11 is 0. The van der Waals surface area contributed by atoms with Crippen molar-refractivity contribution in [1.29, 1.82) is 0 Å². The van der Waals surface area contributed by atoms with Gasteiger partial charge in [0.15, 0.2) is 6.10 Å². The summed E-state index contributed by atoms with van der Waals surface area (Å²) in [5.41, 5.74) is 0.180. The Morgan fingerprint density at radius 2 is 1.96 bits per heavy atom. The zero-order valence-corrected chi connectivity index (χ0v) is 12.0. The standard InChI is InChI=1S/C14H14F3NO5/c1-18(12(19)10-5-6-11(22-10)13(20)21)8-3-2-4-9(7-8)23-14(15,16)17/h2-4,7,10-11H,5-6H2,1H3,(H,20,21)/t10-,11+/m0/s1. The molecule has 1 aliphatic rings. The predicted molar refractivity (Wildman–Crippen MR) is 72.1 cm³/mol. The maximum Gasteiger partial charge on any atom is 0.573 e. The van der Waals surface area contributed by atoms with E-state index in [2.05, 4.69) is 4.74 Å². The van der Waals surface area contributed by atoms with Gasteiger partial charge in [0.25, 0.3) is 5.91 Å². The fourth-order valence-corrected chi connectivity index (χ4v) is 2.23. The monoisotopic (exact) mass is 333 g/mol. The van der Waals surface area contributed by atoms with Crippen molar-refractivity contribution in [2.45, 2.75) is 31.4 Å². The number of carbonyl (C=O) groups excluding carboxylic acids is 1. The second kappa shape index (κ2) is 6.45. The quantitative estimate of drug-likeness (QED) is 0.914. The smallest absolute Gasteiger partial charge is 0.479 e. The Bertz CT molecular complexity index is 604. The highest BCUT2D eigenvalue weighted by Gasteiger charge is 2.36. The van der Waals surface area contributed by atoms with E-state index in [1.54, 1.807) is 0 Å². The highest BCUT2D eigenvalue weighted by molar-refractivity contribution is 5.96. The first-order valence-electron chi connectivity index (χ1n) is 6.69. The number of nitrogens with zero attached hydrogens (tertiary/aromatic N) is 1. The van der Waals surface area contributed by atoms with E-state index in [9.17, 15) is 22.8 Å². The molecular weight excluding hydrogens is 319 g/mol. The summed E-state index contributed by atoms with van der Waals surface area (Å²) in [6.45, 7) is 0. The summed E-state index contributed by atoms with van der Waals surface area (Å²) in [4.78, 5) is 24.2. The third kappa shape index (κ3) is 4.35. The Morgan fingerprint density at radius 1 is 1.30 bits per heavy atom. The van der Waals surface area contributed by atoms with Gasteiger partial charge in [0.1, 0.15) is 11.9 Å². The van der Waals surface area contributed by atoms with Crippen molar-refractivity contribution in [2.75, 3.05) is 11.9 Å². The minimum Gasteiger partial charge on any atom is -0.479 e. The molecule has 23 heavy (non-hydrogen) atoms. The summed E-state index contributed by atoms with van der Waals surface area (Å²) in [6, 6.07) is 4.93. The molecule has 1 heterocycles. The Balaban J connectivity index is 2.08. The molecular formula is C14H14F3NO5. The number of hydrogen-bond acceptors (Lipinski definition) is 4. The molecule has 0 bridgehead atoms. The van der Waals surface area contributed by atoms with Crippen LogP contribution in [0.5, 0.6) is 5.75 Å². The molecule has 0 spiro atoms. The van der Waals surface area contributed by atoms with Crippen molar-refractivity contribution < 1.29 is 37.3 Å². The van der Waals surface area contributed by atoms with Gasteiger partial charge < -0.3 is 19.5 Å². The van der Waals surface area contributed by atoms with Crippen molar-refractivity contribution >= 4 is 17.6 Å². The molecule has 1 aromatic rings. The molecule has 6 nitrogen and oxygen atoms in total. The van der Waals surface area contributed by atoms with Crippen LogP contribution in [-0.4, -0.2) is 42.6 Å². The van der Waals surface area contributed by atoms with Gasteiger partial charge in [-0.1, -0.05) is 6.07 Å². The Hall–Kier alpha value is -2.29. The van der Waals surface area contributed by atoms with Crippen LogP contribution < -0.4 is 9.64 Å². The fourth-order valence-electron chi connectivity index (χ4n) is 2.23. The third-order valence-corrected chi connectivity index (χ3v) is 3.34. The second-order valence-electron chi connectivity index (χ2n) is 4.97. The molecule has 0 aromatic heterocycles. The van der Waals surface area contributed by atoms with Gasteiger partial charge in [0.2, 0.25) is 0 Å². The minimum atomic E-state index is -4.83. The van der Waals surface area contributed by atoms with E-state index >= 15 is 0 Å². The Morgan fingerprint density at radius 3 is 2.52 bits per heavy atom. The van der Waals surface area contributed by atoms with Gasteiger partial charge >= 0.3 is 12.3 Å². The van der Waals surface area contributed by atoms with Crippen molar-refractivity contribution in [1.82, 2.24) is 0 Å². The summed E-state index contributed by atoms with van der Waals surface area (Å²) < 4.78 is 45.6. The molecule has 1 saturated heterocycles. The Labute approximate surface area is 129 Å². The van der Waals surface area contributed by atoms with E-state index < -0.39 is 36.2 Å². The molecule has 126 valence electrons. The number of carbonyl (C=O) groups is 2. The summed E-state index contributed by atoms with van der Waals surface area (Å²) in [5, 5.41) is 8.84. The highest BCUT2D eigenvalue weighted by Crippen LogP contribution is 2.28. The van der Waals surface area contributed by atoms with Crippen LogP contribution in [0.4, 0.5) is 18.9 Å². The molecule has 2 atom stereocenters. The van der Waals surface area contributed by atoms with Crippen LogP contribution in [0, 0.1) is 0 Å². The second-order valence-corrected chi connectivity index (χ2v) is 4.97. The molecule has 1 N–H and O–H groups in total. The van der Waals surface area contributed by atoms with E-state index in [1.165, 1.54) is 19.2 Å². The van der Waals surface area contributed by atoms with E-state index in [1.807, 2.05) is 0 Å². The number of aliphatic carboxylic acids is 1. The van der Waals surface area contributed by atoms with Gasteiger partial charge in [0, 0.05) is 18.8 Å². The minimum absolute atomic E-state index is 0.180. The predicted octanol–water partition coefficient (Wildman–Crippen LogP) is 2.18. The number of carboxylic acid groups (broad SMARTS) is 1. The van der Waals surface area contributed by atoms with Crippen LogP contribution in [0.15, 0.2) is 24.3 Å². The number of halogens is 3. The number of likely N-dealkylation sites (N-methyl/N-ethyl adjacent to an activating group) is 1. The summed E-state index contributed by atoms with van der Waals surface area (Å²) in [7, 11) is 1.37. The number of amides is 1. The zero-order valence-electron chi connectivity index (χ0n) is 12.0. The highest BCUT2D eigenvalue weighted by atomic mass is 19.4. The van der Waals surface area contributed by atoms with Gasteiger partial charge in [-0.2, -0.15) is 0 Å². The average molecular weight is 333 g/mol. The summed E-state index contributed by atoms with van der Waals surface area (Å²) in [6.07, 6.45) is -6.37. The lowest BCUT2D eigenvalue weighted by molar-refractivity contribution is -0.274. The van der Waals surface area contributed by atoms with E-state index in [-0.39, 0.29) is 18.5 Å².